The van der Waals surface area contributed by atoms with E-state index >= 15 is 0 Å². The first-order chi connectivity index (χ1) is 12.2. The Hall–Kier alpha value is -0.800. The smallest absolute Gasteiger partial charge is 0.191 e. The average molecular weight is 481 g/mol. The van der Waals surface area contributed by atoms with Crippen molar-refractivity contribution in [3.63, 3.8) is 0 Å². The molecule has 152 valence electrons. The van der Waals surface area contributed by atoms with Gasteiger partial charge in [0.2, 0.25) is 0 Å². The van der Waals surface area contributed by atoms with Gasteiger partial charge in [-0.15, -0.1) is 24.0 Å². The maximum atomic E-state index is 5.64. The van der Waals surface area contributed by atoms with E-state index in [1.54, 1.807) is 6.26 Å². The fourth-order valence-electron chi connectivity index (χ4n) is 2.10. The van der Waals surface area contributed by atoms with E-state index in [1.807, 2.05) is 19.1 Å². The van der Waals surface area contributed by atoms with Gasteiger partial charge in [-0.1, -0.05) is 13.8 Å². The molecule has 0 atom stereocenters. The Labute approximate surface area is 175 Å². The molecule has 0 bridgehead atoms. The molecule has 7 heteroatoms. The van der Waals surface area contributed by atoms with Crippen molar-refractivity contribution in [3.05, 3.63) is 24.2 Å². The van der Waals surface area contributed by atoms with Crippen molar-refractivity contribution in [3.8, 4) is 0 Å². The Morgan fingerprint density at radius 3 is 2.65 bits per heavy atom. The molecule has 1 heterocycles. The monoisotopic (exact) mass is 481 g/mol. The Bertz CT molecular complexity index is 439. The van der Waals surface area contributed by atoms with Crippen LogP contribution >= 0.6 is 24.0 Å². The van der Waals surface area contributed by atoms with Crippen LogP contribution in [0.15, 0.2) is 27.8 Å². The first-order valence-corrected chi connectivity index (χ1v) is 9.42. The van der Waals surface area contributed by atoms with Crippen LogP contribution in [0.4, 0.5) is 0 Å². The Balaban J connectivity index is 0.00000625. The number of hydrogen-bond acceptors (Lipinski definition) is 4. The van der Waals surface area contributed by atoms with Gasteiger partial charge in [-0.3, -0.25) is 4.99 Å². The van der Waals surface area contributed by atoms with Crippen LogP contribution in [0.5, 0.6) is 0 Å². The minimum absolute atomic E-state index is 0. The summed E-state index contributed by atoms with van der Waals surface area (Å²) in [6.45, 7) is 11.7. The second-order valence-electron chi connectivity index (χ2n) is 6.26. The van der Waals surface area contributed by atoms with Crippen LogP contribution in [-0.4, -0.2) is 52.0 Å². The van der Waals surface area contributed by atoms with Crippen LogP contribution in [0, 0.1) is 5.92 Å². The van der Waals surface area contributed by atoms with E-state index in [2.05, 4.69) is 29.5 Å². The molecule has 0 spiro atoms. The highest BCUT2D eigenvalue weighted by molar-refractivity contribution is 14.0. The lowest BCUT2D eigenvalue weighted by Crippen LogP contribution is -2.40. The number of halogens is 1. The van der Waals surface area contributed by atoms with Gasteiger partial charge in [-0.25, -0.2) is 0 Å². The highest BCUT2D eigenvalue weighted by Crippen LogP contribution is 1.99. The average Bonchev–Trinajstić information content (AvgIpc) is 3.10. The normalized spacial score (nSPS) is 11.5. The fourth-order valence-corrected chi connectivity index (χ4v) is 2.10. The zero-order valence-electron chi connectivity index (χ0n) is 16.5. The third-order valence-electron chi connectivity index (χ3n) is 3.54. The summed E-state index contributed by atoms with van der Waals surface area (Å²) in [6, 6.07) is 3.89. The molecule has 0 amide bonds. The second-order valence-corrected chi connectivity index (χ2v) is 6.26. The van der Waals surface area contributed by atoms with Gasteiger partial charge in [0, 0.05) is 45.9 Å². The molecule has 0 radical (unpaired) electrons. The first kappa shape index (κ1) is 25.2. The fraction of sp³-hybridized carbons (Fsp3) is 0.737. The van der Waals surface area contributed by atoms with E-state index < -0.39 is 0 Å². The van der Waals surface area contributed by atoms with Crippen molar-refractivity contribution in [2.24, 2.45) is 10.9 Å². The van der Waals surface area contributed by atoms with Crippen molar-refractivity contribution in [2.75, 3.05) is 46.1 Å². The molecular weight excluding hydrogens is 445 g/mol. The molecule has 0 saturated carbocycles. The summed E-state index contributed by atoms with van der Waals surface area (Å²) in [6.07, 6.45) is 4.55. The first-order valence-electron chi connectivity index (χ1n) is 9.42. The molecule has 0 aliphatic carbocycles. The van der Waals surface area contributed by atoms with Crippen molar-refractivity contribution in [1.29, 1.82) is 0 Å². The van der Waals surface area contributed by atoms with E-state index in [0.29, 0.717) is 12.5 Å². The van der Waals surface area contributed by atoms with Gasteiger partial charge < -0.3 is 24.5 Å². The predicted octanol–water partition coefficient (Wildman–Crippen LogP) is 3.46. The standard InChI is InChI=1S/C19H35N3O3.HI/c1-4-23-13-6-10-20-19(21-11-8-18-7-5-14-25-18)22-12-16-24-15-9-17(2)3;/h5,7,14,17H,4,6,8-13,15-16H2,1-3H3,(H2,20,21,22);1H. The molecular formula is C19H36IN3O3. The summed E-state index contributed by atoms with van der Waals surface area (Å²) >= 11 is 0. The lowest BCUT2D eigenvalue weighted by Gasteiger charge is -2.13. The van der Waals surface area contributed by atoms with Crippen LogP contribution < -0.4 is 10.6 Å². The van der Waals surface area contributed by atoms with Crippen molar-refractivity contribution < 1.29 is 13.9 Å². The minimum atomic E-state index is 0. The number of ether oxygens (including phenoxy) is 2. The van der Waals surface area contributed by atoms with Crippen LogP contribution in [0.3, 0.4) is 0 Å². The van der Waals surface area contributed by atoms with Crippen molar-refractivity contribution >= 4 is 29.9 Å². The van der Waals surface area contributed by atoms with Crippen molar-refractivity contribution in [1.82, 2.24) is 10.6 Å². The van der Waals surface area contributed by atoms with E-state index in [9.17, 15) is 0 Å². The minimum Gasteiger partial charge on any atom is -0.469 e. The van der Waals surface area contributed by atoms with Crippen LogP contribution in [-0.2, 0) is 15.9 Å². The molecule has 0 saturated heterocycles. The predicted molar refractivity (Wildman–Crippen MR) is 118 cm³/mol. The number of nitrogens with one attached hydrogen (secondary N) is 2. The molecule has 1 rings (SSSR count). The topological polar surface area (TPSA) is 68.0 Å². The van der Waals surface area contributed by atoms with Crippen LogP contribution in [0.25, 0.3) is 0 Å². The molecule has 2 N–H and O–H groups in total. The lowest BCUT2D eigenvalue weighted by molar-refractivity contribution is 0.128. The molecule has 0 unspecified atom stereocenters. The molecule has 0 aliphatic rings. The number of nitrogens with zero attached hydrogens (tertiary/aromatic N) is 1. The van der Waals surface area contributed by atoms with E-state index in [1.165, 1.54) is 0 Å². The molecule has 0 aliphatic heterocycles. The molecule has 26 heavy (non-hydrogen) atoms. The zero-order valence-corrected chi connectivity index (χ0v) is 18.8. The molecule has 1 aromatic rings. The summed E-state index contributed by atoms with van der Waals surface area (Å²) in [4.78, 5) is 4.59. The third-order valence-corrected chi connectivity index (χ3v) is 3.54. The molecule has 0 fully saturated rings. The Morgan fingerprint density at radius 1 is 1.15 bits per heavy atom. The largest absolute Gasteiger partial charge is 0.469 e. The van der Waals surface area contributed by atoms with Crippen molar-refractivity contribution in [2.45, 2.75) is 40.0 Å². The van der Waals surface area contributed by atoms with Crippen LogP contribution in [0.1, 0.15) is 39.4 Å². The highest BCUT2D eigenvalue weighted by atomic mass is 127. The number of rotatable bonds is 14. The second kappa shape index (κ2) is 17.6. The van der Waals surface area contributed by atoms with Gasteiger partial charge in [0.15, 0.2) is 5.96 Å². The summed E-state index contributed by atoms with van der Waals surface area (Å²) in [7, 11) is 0. The van der Waals surface area contributed by atoms with Gasteiger partial charge in [0.05, 0.1) is 12.9 Å². The summed E-state index contributed by atoms with van der Waals surface area (Å²) in [5.41, 5.74) is 0. The third kappa shape index (κ3) is 14.4. The van der Waals surface area contributed by atoms with Gasteiger partial charge in [-0.2, -0.15) is 0 Å². The van der Waals surface area contributed by atoms with Gasteiger partial charge in [0.25, 0.3) is 0 Å². The summed E-state index contributed by atoms with van der Waals surface area (Å²) in [5.74, 6) is 2.47. The van der Waals surface area contributed by atoms with E-state index in [4.69, 9.17) is 13.9 Å². The van der Waals surface area contributed by atoms with E-state index in [0.717, 1.165) is 70.4 Å². The SMILES string of the molecule is CCOCCCN=C(NCCOCCC(C)C)NCCc1ccco1.I. The Morgan fingerprint density at radius 2 is 1.96 bits per heavy atom. The van der Waals surface area contributed by atoms with Gasteiger partial charge >= 0.3 is 0 Å². The quantitative estimate of drug-likeness (QED) is 0.184. The maximum absolute atomic E-state index is 5.64. The Kier molecular flexibility index (Phi) is 17.1. The van der Waals surface area contributed by atoms with Gasteiger partial charge in [-0.05, 0) is 37.8 Å². The molecule has 1 aromatic heterocycles. The summed E-state index contributed by atoms with van der Waals surface area (Å²) < 4.78 is 16.3. The van der Waals surface area contributed by atoms with E-state index in [-0.39, 0.29) is 24.0 Å². The van der Waals surface area contributed by atoms with Crippen LogP contribution in [0.2, 0.25) is 0 Å². The molecule has 6 nitrogen and oxygen atoms in total. The van der Waals surface area contributed by atoms with Gasteiger partial charge in [0.1, 0.15) is 5.76 Å². The zero-order chi connectivity index (χ0) is 18.2. The number of hydrogen-bond donors (Lipinski definition) is 2. The molecule has 0 aromatic carbocycles. The number of furan rings is 1. The lowest BCUT2D eigenvalue weighted by atomic mass is 10.1. The number of guanidine groups is 1. The highest BCUT2D eigenvalue weighted by Gasteiger charge is 2.01. The number of aliphatic imine (C=N–C) groups is 1. The maximum Gasteiger partial charge on any atom is 0.191 e. The summed E-state index contributed by atoms with van der Waals surface area (Å²) in [5, 5.41) is 6.66.